The van der Waals surface area contributed by atoms with Gasteiger partial charge in [-0.1, -0.05) is 12.1 Å². The van der Waals surface area contributed by atoms with Crippen molar-refractivity contribution in [2.75, 3.05) is 17.2 Å². The highest BCUT2D eigenvalue weighted by Crippen LogP contribution is 2.23. The monoisotopic (exact) mass is 384 g/mol. The summed E-state index contributed by atoms with van der Waals surface area (Å²) in [5.41, 5.74) is 2.25. The van der Waals surface area contributed by atoms with E-state index in [1.54, 1.807) is 43.3 Å². The molecule has 0 aliphatic carbocycles. The Morgan fingerprint density at radius 1 is 1.14 bits per heavy atom. The number of carbonyl (C=O) groups excluding carboxylic acids is 2. The fourth-order valence-electron chi connectivity index (χ4n) is 2.65. The molecule has 0 spiro atoms. The molecule has 148 valence electrons. The number of nitro benzene ring substituents is 1. The van der Waals surface area contributed by atoms with E-state index in [0.29, 0.717) is 16.9 Å². The maximum absolute atomic E-state index is 12.1. The van der Waals surface area contributed by atoms with E-state index in [0.717, 1.165) is 5.56 Å². The van der Waals surface area contributed by atoms with Crippen LogP contribution in [0.3, 0.4) is 0 Å². The molecule has 2 amide bonds. The molecule has 0 bridgehead atoms. The zero-order chi connectivity index (χ0) is 20.7. The van der Waals surface area contributed by atoms with Gasteiger partial charge in [-0.25, -0.2) is 0 Å². The molecule has 2 aromatic carbocycles. The summed E-state index contributed by atoms with van der Waals surface area (Å²) in [5.74, 6) is -0.385. The smallest absolute Gasteiger partial charge is 0.292 e. The molecule has 2 aromatic rings. The van der Waals surface area contributed by atoms with Gasteiger partial charge in [0.15, 0.2) is 0 Å². The first-order chi connectivity index (χ1) is 13.3. The van der Waals surface area contributed by atoms with E-state index < -0.39 is 4.92 Å². The average molecular weight is 384 g/mol. The minimum atomic E-state index is -0.470. The van der Waals surface area contributed by atoms with Crippen molar-refractivity contribution in [3.63, 3.8) is 0 Å². The maximum Gasteiger partial charge on any atom is 0.292 e. The van der Waals surface area contributed by atoms with Crippen LogP contribution >= 0.6 is 0 Å². The average Bonchev–Trinajstić information content (AvgIpc) is 2.61. The molecule has 0 heterocycles. The van der Waals surface area contributed by atoms with Gasteiger partial charge in [0.1, 0.15) is 5.69 Å². The maximum atomic E-state index is 12.1. The molecular formula is C20H24N4O4. The minimum Gasteiger partial charge on any atom is -0.379 e. The number of nitrogens with one attached hydrogen (secondary N) is 3. The Hall–Kier alpha value is -3.42. The molecular weight excluding hydrogens is 360 g/mol. The van der Waals surface area contributed by atoms with Crippen LogP contribution in [0.25, 0.3) is 0 Å². The summed E-state index contributed by atoms with van der Waals surface area (Å²) in [6, 6.07) is 11.4. The third-order valence-corrected chi connectivity index (χ3v) is 3.94. The second-order valence-corrected chi connectivity index (χ2v) is 6.66. The summed E-state index contributed by atoms with van der Waals surface area (Å²) in [7, 11) is 0. The Morgan fingerprint density at radius 3 is 2.50 bits per heavy atom. The first kappa shape index (κ1) is 20.9. The molecule has 2 rings (SSSR count). The number of hydrogen-bond acceptors (Lipinski definition) is 5. The number of amides is 2. The van der Waals surface area contributed by atoms with E-state index in [-0.39, 0.29) is 36.5 Å². The first-order valence-electron chi connectivity index (χ1n) is 8.96. The first-order valence-corrected chi connectivity index (χ1v) is 8.96. The molecule has 0 aliphatic rings. The predicted octanol–water partition coefficient (Wildman–Crippen LogP) is 3.48. The lowest BCUT2D eigenvalue weighted by molar-refractivity contribution is -0.384. The van der Waals surface area contributed by atoms with Crippen molar-refractivity contribution in [1.82, 2.24) is 5.32 Å². The number of nitrogens with zero attached hydrogens (tertiary/aromatic N) is 1. The number of anilines is 2. The molecule has 0 radical (unpaired) electrons. The van der Waals surface area contributed by atoms with E-state index in [1.807, 2.05) is 13.8 Å². The number of carbonyl (C=O) groups is 2. The molecule has 0 saturated heterocycles. The molecule has 3 N–H and O–H groups in total. The summed E-state index contributed by atoms with van der Waals surface area (Å²) in [5, 5.41) is 19.5. The van der Waals surface area contributed by atoms with Crippen LogP contribution in [0.15, 0.2) is 42.5 Å². The van der Waals surface area contributed by atoms with Crippen molar-refractivity contribution in [2.24, 2.45) is 0 Å². The lowest BCUT2D eigenvalue weighted by Gasteiger charge is -2.12. The van der Waals surface area contributed by atoms with Gasteiger partial charge in [0.05, 0.1) is 4.92 Å². The van der Waals surface area contributed by atoms with Gasteiger partial charge in [-0.15, -0.1) is 0 Å². The van der Waals surface area contributed by atoms with Crippen molar-refractivity contribution in [2.45, 2.75) is 33.2 Å². The highest BCUT2D eigenvalue weighted by molar-refractivity contribution is 5.97. The van der Waals surface area contributed by atoms with Crippen LogP contribution in [0.5, 0.6) is 0 Å². The molecule has 8 nitrogen and oxygen atoms in total. The quantitative estimate of drug-likeness (QED) is 0.476. The van der Waals surface area contributed by atoms with Crippen LogP contribution in [0, 0.1) is 17.0 Å². The van der Waals surface area contributed by atoms with Crippen molar-refractivity contribution >= 4 is 28.9 Å². The van der Waals surface area contributed by atoms with Crippen molar-refractivity contribution in [3.8, 4) is 0 Å². The van der Waals surface area contributed by atoms with E-state index in [9.17, 15) is 19.7 Å². The molecule has 0 saturated carbocycles. The Kier molecular flexibility index (Phi) is 7.08. The fraction of sp³-hybridized carbons (Fsp3) is 0.300. The predicted molar refractivity (Wildman–Crippen MR) is 109 cm³/mol. The molecule has 28 heavy (non-hydrogen) atoms. The third kappa shape index (κ3) is 5.80. The highest BCUT2D eigenvalue weighted by Gasteiger charge is 2.13. The molecule has 0 aliphatic heterocycles. The van der Waals surface area contributed by atoms with E-state index in [2.05, 4.69) is 16.0 Å². The van der Waals surface area contributed by atoms with Crippen LogP contribution in [0.4, 0.5) is 17.1 Å². The van der Waals surface area contributed by atoms with Gasteiger partial charge in [-0.3, -0.25) is 19.7 Å². The summed E-state index contributed by atoms with van der Waals surface area (Å²) in [4.78, 5) is 34.8. The molecule has 0 atom stereocenters. The lowest BCUT2D eigenvalue weighted by Crippen LogP contribution is -2.30. The van der Waals surface area contributed by atoms with Gasteiger partial charge < -0.3 is 16.0 Å². The normalized spacial score (nSPS) is 10.4. The lowest BCUT2D eigenvalue weighted by atomic mass is 10.1. The SMILES string of the molecule is Cc1cc(NC(=O)CCNc2ccccc2[N+](=O)[O-])ccc1C(=O)NC(C)C. The number of hydrogen-bond donors (Lipinski definition) is 3. The number of para-hydroxylation sites is 2. The van der Waals surface area contributed by atoms with Crippen LogP contribution in [0.1, 0.15) is 36.2 Å². The number of rotatable bonds is 8. The second kappa shape index (κ2) is 9.50. The van der Waals surface area contributed by atoms with Crippen LogP contribution < -0.4 is 16.0 Å². The standard InChI is InChI=1S/C20H24N4O4/c1-13(2)22-20(26)16-9-8-15(12-14(16)3)23-19(25)10-11-21-17-6-4-5-7-18(17)24(27)28/h4-9,12-13,21H,10-11H2,1-3H3,(H,22,26)(H,23,25). The largest absolute Gasteiger partial charge is 0.379 e. The molecule has 0 fully saturated rings. The van der Waals surface area contributed by atoms with E-state index in [1.165, 1.54) is 6.07 Å². The zero-order valence-electron chi connectivity index (χ0n) is 16.1. The summed E-state index contributed by atoms with van der Waals surface area (Å²) >= 11 is 0. The Bertz CT molecular complexity index is 880. The number of aryl methyl sites for hydroxylation is 1. The van der Waals surface area contributed by atoms with Gasteiger partial charge >= 0.3 is 0 Å². The van der Waals surface area contributed by atoms with E-state index in [4.69, 9.17) is 0 Å². The van der Waals surface area contributed by atoms with Crippen LogP contribution in [0.2, 0.25) is 0 Å². The zero-order valence-corrected chi connectivity index (χ0v) is 16.1. The van der Waals surface area contributed by atoms with Gasteiger partial charge in [-0.2, -0.15) is 0 Å². The van der Waals surface area contributed by atoms with E-state index >= 15 is 0 Å². The Labute approximate surface area is 163 Å². The van der Waals surface area contributed by atoms with Gasteiger partial charge in [0.2, 0.25) is 5.91 Å². The van der Waals surface area contributed by atoms with Crippen molar-refractivity contribution in [3.05, 3.63) is 63.7 Å². The molecule has 8 heteroatoms. The van der Waals surface area contributed by atoms with Gasteiger partial charge in [0, 0.05) is 36.3 Å². The van der Waals surface area contributed by atoms with Crippen molar-refractivity contribution in [1.29, 1.82) is 0 Å². The fourth-order valence-corrected chi connectivity index (χ4v) is 2.65. The summed E-state index contributed by atoms with van der Waals surface area (Å²) in [6.07, 6.45) is 0.140. The third-order valence-electron chi connectivity index (χ3n) is 3.94. The van der Waals surface area contributed by atoms with Crippen LogP contribution in [-0.2, 0) is 4.79 Å². The van der Waals surface area contributed by atoms with Gasteiger partial charge in [-0.05, 0) is 50.6 Å². The molecule has 0 unspecified atom stereocenters. The Morgan fingerprint density at radius 2 is 1.86 bits per heavy atom. The number of nitro groups is 1. The minimum absolute atomic E-state index is 0.0335. The highest BCUT2D eigenvalue weighted by atomic mass is 16.6. The summed E-state index contributed by atoms with van der Waals surface area (Å²) < 4.78 is 0. The topological polar surface area (TPSA) is 113 Å². The molecule has 0 aromatic heterocycles. The van der Waals surface area contributed by atoms with Crippen molar-refractivity contribution < 1.29 is 14.5 Å². The Balaban J connectivity index is 1.91. The summed E-state index contributed by atoms with van der Waals surface area (Å²) in [6.45, 7) is 5.84. The van der Waals surface area contributed by atoms with Gasteiger partial charge in [0.25, 0.3) is 11.6 Å². The van der Waals surface area contributed by atoms with Crippen LogP contribution in [-0.4, -0.2) is 29.3 Å². The number of benzene rings is 2. The second-order valence-electron chi connectivity index (χ2n) is 6.66.